The Labute approximate surface area is 108 Å². The Morgan fingerprint density at radius 2 is 2.18 bits per heavy atom. The summed E-state index contributed by atoms with van der Waals surface area (Å²) < 4.78 is 0. The molecule has 0 bridgehead atoms. The fraction of sp³-hybridized carbons (Fsp3) is 0.571. The van der Waals surface area contributed by atoms with Crippen LogP contribution in [0.15, 0.2) is 18.2 Å². The van der Waals surface area contributed by atoms with Crippen molar-refractivity contribution in [2.24, 2.45) is 5.41 Å². The fourth-order valence-electron chi connectivity index (χ4n) is 2.40. The maximum atomic E-state index is 9.72. The largest absolute Gasteiger partial charge is 0.508 e. The summed E-state index contributed by atoms with van der Waals surface area (Å²) in [6.07, 6.45) is 5.22. The first-order chi connectivity index (χ1) is 8.17. The minimum Gasteiger partial charge on any atom is -0.508 e. The maximum Gasteiger partial charge on any atom is 0.121 e. The van der Waals surface area contributed by atoms with Gasteiger partial charge in [-0.25, -0.2) is 0 Å². The van der Waals surface area contributed by atoms with Gasteiger partial charge in [-0.15, -0.1) is 0 Å². The number of phenolic OH excluding ortho intramolecular Hbond substituents is 1. The van der Waals surface area contributed by atoms with Gasteiger partial charge in [-0.1, -0.05) is 31.0 Å². The molecule has 2 N–H and O–H groups in total. The molecule has 2 rings (SSSR count). The van der Waals surface area contributed by atoms with Crippen LogP contribution in [-0.2, 0) is 6.54 Å². The molecule has 0 spiro atoms. The van der Waals surface area contributed by atoms with Crippen molar-refractivity contribution in [2.45, 2.75) is 39.2 Å². The Bertz CT molecular complexity index is 368. The molecule has 1 aromatic rings. The molecule has 17 heavy (non-hydrogen) atoms. The van der Waals surface area contributed by atoms with Gasteiger partial charge in [0.15, 0.2) is 0 Å². The van der Waals surface area contributed by atoms with Crippen LogP contribution < -0.4 is 5.32 Å². The first-order valence-corrected chi connectivity index (χ1v) is 6.72. The van der Waals surface area contributed by atoms with Crippen LogP contribution >= 0.6 is 11.6 Å². The van der Waals surface area contributed by atoms with Gasteiger partial charge >= 0.3 is 0 Å². The molecule has 1 fully saturated rings. The highest BCUT2D eigenvalue weighted by atomic mass is 35.5. The summed E-state index contributed by atoms with van der Waals surface area (Å²) >= 11 is 6.06. The second-order valence-electron chi connectivity index (χ2n) is 5.09. The molecular weight excluding hydrogens is 234 g/mol. The number of hydrogen-bond donors (Lipinski definition) is 2. The molecular formula is C14H20ClNO. The second kappa shape index (κ2) is 5.28. The zero-order chi connectivity index (χ0) is 12.3. The Hall–Kier alpha value is -0.730. The monoisotopic (exact) mass is 253 g/mol. The average Bonchev–Trinajstić information content (AvgIpc) is 3.03. The van der Waals surface area contributed by atoms with Crippen LogP contribution in [0.5, 0.6) is 5.75 Å². The van der Waals surface area contributed by atoms with E-state index in [4.69, 9.17) is 11.6 Å². The summed E-state index contributed by atoms with van der Waals surface area (Å²) in [6, 6.07) is 5.26. The van der Waals surface area contributed by atoms with Gasteiger partial charge in [0.1, 0.15) is 5.75 Å². The number of nitrogens with one attached hydrogen (secondary N) is 1. The van der Waals surface area contributed by atoms with E-state index in [2.05, 4.69) is 12.2 Å². The Morgan fingerprint density at radius 1 is 1.41 bits per heavy atom. The molecule has 1 aliphatic rings. The van der Waals surface area contributed by atoms with Crippen LogP contribution in [-0.4, -0.2) is 11.7 Å². The Morgan fingerprint density at radius 3 is 2.76 bits per heavy atom. The third kappa shape index (κ3) is 3.14. The van der Waals surface area contributed by atoms with Gasteiger partial charge in [0, 0.05) is 23.7 Å². The van der Waals surface area contributed by atoms with Crippen molar-refractivity contribution >= 4 is 11.6 Å². The minimum atomic E-state index is 0.283. The molecule has 0 aromatic heterocycles. The summed E-state index contributed by atoms with van der Waals surface area (Å²) in [5, 5.41) is 13.8. The van der Waals surface area contributed by atoms with E-state index in [9.17, 15) is 5.11 Å². The molecule has 0 saturated heterocycles. The van der Waals surface area contributed by atoms with Crippen LogP contribution in [0.4, 0.5) is 0 Å². The number of hydrogen-bond acceptors (Lipinski definition) is 2. The van der Waals surface area contributed by atoms with Crippen LogP contribution in [0.25, 0.3) is 0 Å². The van der Waals surface area contributed by atoms with Crippen LogP contribution in [0.2, 0.25) is 5.02 Å². The third-order valence-corrected chi connectivity index (χ3v) is 3.99. The quantitative estimate of drug-likeness (QED) is 0.810. The van der Waals surface area contributed by atoms with Crippen molar-refractivity contribution < 1.29 is 5.11 Å². The van der Waals surface area contributed by atoms with Gasteiger partial charge in [0.05, 0.1) is 0 Å². The van der Waals surface area contributed by atoms with Crippen molar-refractivity contribution in [2.75, 3.05) is 6.54 Å². The van der Waals surface area contributed by atoms with Crippen molar-refractivity contribution in [1.29, 1.82) is 0 Å². The van der Waals surface area contributed by atoms with Crippen molar-refractivity contribution in [3.63, 3.8) is 0 Å². The summed E-state index contributed by atoms with van der Waals surface area (Å²) in [4.78, 5) is 0. The zero-order valence-electron chi connectivity index (χ0n) is 10.3. The molecule has 1 aromatic carbocycles. The van der Waals surface area contributed by atoms with Gasteiger partial charge in [-0.3, -0.25) is 0 Å². The molecule has 0 amide bonds. The summed E-state index contributed by atoms with van der Waals surface area (Å²) in [6.45, 7) is 3.92. The predicted molar refractivity (Wildman–Crippen MR) is 71.4 cm³/mol. The predicted octanol–water partition coefficient (Wildman–Crippen LogP) is 3.72. The molecule has 1 saturated carbocycles. The smallest absolute Gasteiger partial charge is 0.121 e. The number of aromatic hydroxyl groups is 1. The summed E-state index contributed by atoms with van der Waals surface area (Å²) in [5.74, 6) is 0.283. The lowest BCUT2D eigenvalue weighted by molar-refractivity contribution is 0.414. The van der Waals surface area contributed by atoms with Gasteiger partial charge in [-0.05, 0) is 36.8 Å². The molecule has 3 heteroatoms. The van der Waals surface area contributed by atoms with E-state index in [0.29, 0.717) is 17.0 Å². The number of phenols is 1. The topological polar surface area (TPSA) is 32.3 Å². The fourth-order valence-corrected chi connectivity index (χ4v) is 2.63. The highest BCUT2D eigenvalue weighted by Crippen LogP contribution is 2.49. The molecule has 2 nitrogen and oxygen atoms in total. The lowest BCUT2D eigenvalue weighted by atomic mass is 10.0. The Balaban J connectivity index is 1.86. The van der Waals surface area contributed by atoms with Crippen molar-refractivity contribution in [1.82, 2.24) is 5.32 Å². The number of benzene rings is 1. The third-order valence-electron chi connectivity index (χ3n) is 3.63. The molecule has 0 heterocycles. The zero-order valence-corrected chi connectivity index (χ0v) is 11.1. The van der Waals surface area contributed by atoms with Crippen molar-refractivity contribution in [3.05, 3.63) is 28.8 Å². The van der Waals surface area contributed by atoms with Crippen molar-refractivity contribution in [3.8, 4) is 5.75 Å². The van der Waals surface area contributed by atoms with Gasteiger partial charge in [0.2, 0.25) is 0 Å². The highest BCUT2D eigenvalue weighted by molar-refractivity contribution is 6.31. The number of halogens is 1. The molecule has 0 aliphatic heterocycles. The molecule has 94 valence electrons. The van der Waals surface area contributed by atoms with E-state index < -0.39 is 0 Å². The average molecular weight is 254 g/mol. The standard InChI is InChI=1S/C14H20ClNO/c1-2-6-14(7-8-14)10-16-9-11-12(15)4-3-5-13(11)17/h3-5,16-17H,2,6-10H2,1H3. The molecule has 0 unspecified atom stereocenters. The first kappa shape index (κ1) is 12.7. The maximum absolute atomic E-state index is 9.72. The van der Waals surface area contributed by atoms with E-state index in [0.717, 1.165) is 12.1 Å². The van der Waals surface area contributed by atoms with Gasteiger partial charge in [0.25, 0.3) is 0 Å². The Kier molecular flexibility index (Phi) is 3.95. The normalized spacial score (nSPS) is 17.1. The van der Waals surface area contributed by atoms with Crippen LogP contribution in [0.3, 0.4) is 0 Å². The van der Waals surface area contributed by atoms with E-state index >= 15 is 0 Å². The van der Waals surface area contributed by atoms with E-state index in [1.54, 1.807) is 12.1 Å². The molecule has 0 radical (unpaired) electrons. The molecule has 0 atom stereocenters. The summed E-state index contributed by atoms with van der Waals surface area (Å²) in [5.41, 5.74) is 1.34. The number of rotatable bonds is 6. The highest BCUT2D eigenvalue weighted by Gasteiger charge is 2.40. The minimum absolute atomic E-state index is 0.283. The van der Waals surface area contributed by atoms with E-state index in [1.165, 1.54) is 25.7 Å². The van der Waals surface area contributed by atoms with E-state index in [-0.39, 0.29) is 5.75 Å². The van der Waals surface area contributed by atoms with E-state index in [1.807, 2.05) is 6.07 Å². The van der Waals surface area contributed by atoms with Gasteiger partial charge in [-0.2, -0.15) is 0 Å². The first-order valence-electron chi connectivity index (χ1n) is 6.34. The lowest BCUT2D eigenvalue weighted by Crippen LogP contribution is -2.23. The van der Waals surface area contributed by atoms with Crippen LogP contribution in [0.1, 0.15) is 38.2 Å². The molecule has 1 aliphatic carbocycles. The second-order valence-corrected chi connectivity index (χ2v) is 5.50. The van der Waals surface area contributed by atoms with Gasteiger partial charge < -0.3 is 10.4 Å². The lowest BCUT2D eigenvalue weighted by Gasteiger charge is -2.15. The SMILES string of the molecule is CCCC1(CNCc2c(O)cccc2Cl)CC1. The summed E-state index contributed by atoms with van der Waals surface area (Å²) in [7, 11) is 0. The van der Waals surface area contributed by atoms with Crippen LogP contribution in [0, 0.1) is 5.41 Å².